The predicted octanol–water partition coefficient (Wildman–Crippen LogP) is 2.68. The minimum Gasteiger partial charge on any atom is -0.489 e. The van der Waals surface area contributed by atoms with Crippen LogP contribution in [0.4, 0.5) is 0 Å². The molecular weight excluding hydrogens is 214 g/mol. The highest BCUT2D eigenvalue weighted by molar-refractivity contribution is 6.32. The SMILES string of the molecule is Cc1c(C#N)c(Cl)cc2c1OCCCO2. The van der Waals surface area contributed by atoms with Crippen LogP contribution in [0.5, 0.6) is 11.5 Å². The van der Waals surface area contributed by atoms with Gasteiger partial charge in [0.15, 0.2) is 11.5 Å². The summed E-state index contributed by atoms with van der Waals surface area (Å²) in [7, 11) is 0. The van der Waals surface area contributed by atoms with Crippen LogP contribution in [-0.4, -0.2) is 13.2 Å². The molecule has 3 nitrogen and oxygen atoms in total. The van der Waals surface area contributed by atoms with Crippen molar-refractivity contribution in [2.75, 3.05) is 13.2 Å². The smallest absolute Gasteiger partial charge is 0.165 e. The Bertz CT molecular complexity index is 437. The van der Waals surface area contributed by atoms with Crippen molar-refractivity contribution in [3.05, 3.63) is 22.2 Å². The highest BCUT2D eigenvalue weighted by Crippen LogP contribution is 2.38. The van der Waals surface area contributed by atoms with Crippen LogP contribution in [0.3, 0.4) is 0 Å². The summed E-state index contributed by atoms with van der Waals surface area (Å²) in [6, 6.07) is 3.71. The summed E-state index contributed by atoms with van der Waals surface area (Å²) >= 11 is 5.96. The molecule has 1 heterocycles. The number of rotatable bonds is 0. The molecule has 1 aliphatic rings. The van der Waals surface area contributed by atoms with Crippen molar-refractivity contribution >= 4 is 11.6 Å². The van der Waals surface area contributed by atoms with Gasteiger partial charge in [0.25, 0.3) is 0 Å². The average molecular weight is 224 g/mol. The summed E-state index contributed by atoms with van der Waals surface area (Å²) < 4.78 is 11.0. The Kier molecular flexibility index (Phi) is 2.70. The van der Waals surface area contributed by atoms with E-state index in [2.05, 4.69) is 6.07 Å². The van der Waals surface area contributed by atoms with Crippen molar-refractivity contribution in [2.24, 2.45) is 0 Å². The van der Waals surface area contributed by atoms with E-state index >= 15 is 0 Å². The first-order chi connectivity index (χ1) is 7.24. The van der Waals surface area contributed by atoms with Crippen LogP contribution in [0, 0.1) is 18.3 Å². The Balaban J connectivity index is 2.60. The molecule has 0 saturated carbocycles. The third kappa shape index (κ3) is 1.73. The molecule has 0 N–H and O–H groups in total. The van der Waals surface area contributed by atoms with E-state index in [1.54, 1.807) is 6.07 Å². The van der Waals surface area contributed by atoms with Crippen LogP contribution in [0.1, 0.15) is 17.5 Å². The number of nitrogens with zero attached hydrogens (tertiary/aromatic N) is 1. The summed E-state index contributed by atoms with van der Waals surface area (Å²) in [4.78, 5) is 0. The molecule has 4 heteroatoms. The Morgan fingerprint density at radius 2 is 2.13 bits per heavy atom. The van der Waals surface area contributed by atoms with Gasteiger partial charge in [0.05, 0.1) is 23.8 Å². The first kappa shape index (κ1) is 10.1. The number of halogens is 1. The summed E-state index contributed by atoms with van der Waals surface area (Å²) in [5.74, 6) is 1.28. The fourth-order valence-corrected chi connectivity index (χ4v) is 1.85. The number of benzene rings is 1. The number of nitriles is 1. The lowest BCUT2D eigenvalue weighted by molar-refractivity contribution is 0.296. The van der Waals surface area contributed by atoms with Crippen molar-refractivity contribution < 1.29 is 9.47 Å². The van der Waals surface area contributed by atoms with E-state index in [0.29, 0.717) is 35.3 Å². The lowest BCUT2D eigenvalue weighted by Crippen LogP contribution is -1.98. The minimum absolute atomic E-state index is 0.416. The molecule has 0 bridgehead atoms. The van der Waals surface area contributed by atoms with Gasteiger partial charge in [0.2, 0.25) is 0 Å². The van der Waals surface area contributed by atoms with Crippen LogP contribution in [-0.2, 0) is 0 Å². The van der Waals surface area contributed by atoms with Gasteiger partial charge in [0.1, 0.15) is 6.07 Å². The van der Waals surface area contributed by atoms with E-state index in [9.17, 15) is 0 Å². The molecule has 0 atom stereocenters. The van der Waals surface area contributed by atoms with E-state index in [1.807, 2.05) is 6.92 Å². The van der Waals surface area contributed by atoms with Crippen molar-refractivity contribution in [1.29, 1.82) is 5.26 Å². The van der Waals surface area contributed by atoms with Gasteiger partial charge < -0.3 is 9.47 Å². The van der Waals surface area contributed by atoms with Crippen molar-refractivity contribution in [3.63, 3.8) is 0 Å². The fraction of sp³-hybridized carbons (Fsp3) is 0.364. The number of ether oxygens (including phenoxy) is 2. The van der Waals surface area contributed by atoms with Crippen molar-refractivity contribution in [2.45, 2.75) is 13.3 Å². The largest absolute Gasteiger partial charge is 0.489 e. The number of hydrogen-bond acceptors (Lipinski definition) is 3. The maximum absolute atomic E-state index is 8.94. The van der Waals surface area contributed by atoms with Crippen LogP contribution in [0.2, 0.25) is 5.02 Å². The summed E-state index contributed by atoms with van der Waals surface area (Å²) in [5, 5.41) is 9.36. The van der Waals surface area contributed by atoms with Gasteiger partial charge in [-0.3, -0.25) is 0 Å². The zero-order valence-electron chi connectivity index (χ0n) is 8.34. The van der Waals surface area contributed by atoms with Crippen molar-refractivity contribution in [1.82, 2.24) is 0 Å². The minimum atomic E-state index is 0.416. The average Bonchev–Trinajstić information content (AvgIpc) is 2.43. The second-order valence-corrected chi connectivity index (χ2v) is 3.76. The van der Waals surface area contributed by atoms with Crippen LogP contribution >= 0.6 is 11.6 Å². The summed E-state index contributed by atoms with van der Waals surface area (Å²) in [6.45, 7) is 3.05. The molecule has 1 aromatic rings. The lowest BCUT2D eigenvalue weighted by atomic mass is 10.1. The normalized spacial score (nSPS) is 14.2. The number of fused-ring (bicyclic) bond motifs is 1. The van der Waals surface area contributed by atoms with Gasteiger partial charge in [-0.1, -0.05) is 11.6 Å². The fourth-order valence-electron chi connectivity index (χ4n) is 1.57. The Morgan fingerprint density at radius 1 is 1.40 bits per heavy atom. The van der Waals surface area contributed by atoms with Crippen LogP contribution in [0.15, 0.2) is 6.07 Å². The molecule has 15 heavy (non-hydrogen) atoms. The Labute approximate surface area is 93.2 Å². The molecule has 0 aliphatic carbocycles. The molecule has 0 amide bonds. The molecule has 0 fully saturated rings. The molecular formula is C11H10ClNO2. The Morgan fingerprint density at radius 3 is 2.87 bits per heavy atom. The van der Waals surface area contributed by atoms with Gasteiger partial charge in [-0.05, 0) is 6.92 Å². The molecule has 0 saturated heterocycles. The molecule has 0 aromatic heterocycles. The predicted molar refractivity (Wildman–Crippen MR) is 56.5 cm³/mol. The third-order valence-electron chi connectivity index (χ3n) is 2.34. The number of hydrogen-bond donors (Lipinski definition) is 0. The summed E-state index contributed by atoms with van der Waals surface area (Å²) in [6.07, 6.45) is 0.841. The van der Waals surface area contributed by atoms with E-state index in [1.165, 1.54) is 0 Å². The molecule has 2 rings (SSSR count). The molecule has 0 radical (unpaired) electrons. The van der Waals surface area contributed by atoms with Crippen molar-refractivity contribution in [3.8, 4) is 17.6 Å². The monoisotopic (exact) mass is 223 g/mol. The van der Waals surface area contributed by atoms with E-state index in [4.69, 9.17) is 26.3 Å². The first-order valence-corrected chi connectivity index (χ1v) is 5.10. The lowest BCUT2D eigenvalue weighted by Gasteiger charge is -2.12. The topological polar surface area (TPSA) is 42.2 Å². The third-order valence-corrected chi connectivity index (χ3v) is 2.64. The van der Waals surface area contributed by atoms with Gasteiger partial charge in [-0.2, -0.15) is 5.26 Å². The highest BCUT2D eigenvalue weighted by Gasteiger charge is 2.18. The zero-order chi connectivity index (χ0) is 10.8. The van der Waals surface area contributed by atoms with E-state index in [-0.39, 0.29) is 0 Å². The molecule has 1 aromatic carbocycles. The van der Waals surface area contributed by atoms with Crippen LogP contribution < -0.4 is 9.47 Å². The molecule has 78 valence electrons. The quantitative estimate of drug-likeness (QED) is 0.679. The van der Waals surface area contributed by atoms with Gasteiger partial charge in [-0.25, -0.2) is 0 Å². The Hall–Kier alpha value is -1.40. The zero-order valence-corrected chi connectivity index (χ0v) is 9.10. The van der Waals surface area contributed by atoms with Gasteiger partial charge >= 0.3 is 0 Å². The van der Waals surface area contributed by atoms with E-state index in [0.717, 1.165) is 12.0 Å². The first-order valence-electron chi connectivity index (χ1n) is 4.73. The van der Waals surface area contributed by atoms with Crippen LogP contribution in [0.25, 0.3) is 0 Å². The second kappa shape index (κ2) is 4.00. The second-order valence-electron chi connectivity index (χ2n) is 3.35. The molecule has 1 aliphatic heterocycles. The standard InChI is InChI=1S/C11H10ClNO2/c1-7-8(6-13)9(12)5-10-11(7)15-4-2-3-14-10/h5H,2-4H2,1H3. The van der Waals surface area contributed by atoms with Gasteiger partial charge in [0, 0.05) is 18.1 Å². The molecule has 0 unspecified atom stereocenters. The van der Waals surface area contributed by atoms with Gasteiger partial charge in [-0.15, -0.1) is 0 Å². The maximum atomic E-state index is 8.94. The highest BCUT2D eigenvalue weighted by atomic mass is 35.5. The van der Waals surface area contributed by atoms with E-state index < -0.39 is 0 Å². The molecule has 0 spiro atoms. The maximum Gasteiger partial charge on any atom is 0.165 e. The summed E-state index contributed by atoms with van der Waals surface area (Å²) in [5.41, 5.74) is 1.21.